The van der Waals surface area contributed by atoms with Crippen LogP contribution in [0.15, 0.2) is 58.3 Å². The summed E-state index contributed by atoms with van der Waals surface area (Å²) in [7, 11) is 0. The minimum atomic E-state index is -0.320. The fourth-order valence-corrected chi connectivity index (χ4v) is 4.49. The molecule has 1 aliphatic rings. The summed E-state index contributed by atoms with van der Waals surface area (Å²) >= 11 is 1.71. The number of aryl methyl sites for hydroxylation is 1. The van der Waals surface area contributed by atoms with Crippen LogP contribution in [-0.2, 0) is 16.0 Å². The van der Waals surface area contributed by atoms with E-state index in [0.29, 0.717) is 36.5 Å². The van der Waals surface area contributed by atoms with Crippen molar-refractivity contribution in [1.29, 1.82) is 0 Å². The van der Waals surface area contributed by atoms with Crippen molar-refractivity contribution < 1.29 is 18.3 Å². The van der Waals surface area contributed by atoms with Gasteiger partial charge in [0.1, 0.15) is 17.3 Å². The second kappa shape index (κ2) is 10.0. The highest BCUT2D eigenvalue weighted by atomic mass is 32.1. The Balaban J connectivity index is 1.30. The zero-order valence-electron chi connectivity index (χ0n) is 16.7. The number of nitrogens with zero attached hydrogens (tertiary/aromatic N) is 1. The van der Waals surface area contributed by atoms with Gasteiger partial charge in [0.15, 0.2) is 0 Å². The summed E-state index contributed by atoms with van der Waals surface area (Å²) in [5.74, 6) is 0.813. The Kier molecular flexibility index (Phi) is 6.94. The third-order valence-corrected chi connectivity index (χ3v) is 6.22. The topological polar surface area (TPSA) is 54.7 Å². The molecule has 0 aliphatic carbocycles. The van der Waals surface area contributed by atoms with Crippen LogP contribution in [0.3, 0.4) is 0 Å². The first kappa shape index (κ1) is 20.8. The van der Waals surface area contributed by atoms with Gasteiger partial charge in [-0.1, -0.05) is 18.2 Å². The lowest BCUT2D eigenvalue weighted by atomic mass is 10.1. The fraction of sp³-hybridized carbons (Fsp3) is 0.348. The Morgan fingerprint density at radius 1 is 1.13 bits per heavy atom. The zero-order chi connectivity index (χ0) is 20.8. The minimum absolute atomic E-state index is 0.0198. The standard InChI is InChI=1S/C23H25FN2O3S/c24-19-5-2-1-4-18(19)21-9-7-17(29-21)8-10-23(27)25-16-20(22-6-3-15-30-22)26-11-13-28-14-12-26/h1-7,9,15,20H,8,10-14,16H2,(H,25,27). The summed E-state index contributed by atoms with van der Waals surface area (Å²) in [5.41, 5.74) is 0.428. The number of furan rings is 1. The molecule has 158 valence electrons. The van der Waals surface area contributed by atoms with Crippen LogP contribution >= 0.6 is 11.3 Å². The highest BCUT2D eigenvalue weighted by Gasteiger charge is 2.24. The average molecular weight is 429 g/mol. The number of hydrogen-bond acceptors (Lipinski definition) is 5. The van der Waals surface area contributed by atoms with Gasteiger partial charge in [-0.15, -0.1) is 11.3 Å². The molecule has 1 atom stereocenters. The summed E-state index contributed by atoms with van der Waals surface area (Å²) in [6.07, 6.45) is 0.798. The van der Waals surface area contributed by atoms with Crippen LogP contribution in [0.5, 0.6) is 0 Å². The Morgan fingerprint density at radius 3 is 2.73 bits per heavy atom. The molecule has 0 spiro atoms. The number of benzene rings is 1. The van der Waals surface area contributed by atoms with Crippen molar-refractivity contribution >= 4 is 17.2 Å². The fourth-order valence-electron chi connectivity index (χ4n) is 3.63. The summed E-state index contributed by atoms with van der Waals surface area (Å²) in [6, 6.07) is 14.4. The van der Waals surface area contributed by atoms with Crippen molar-refractivity contribution in [3.05, 3.63) is 70.4 Å². The minimum Gasteiger partial charge on any atom is -0.461 e. The lowest BCUT2D eigenvalue weighted by Crippen LogP contribution is -2.43. The Morgan fingerprint density at radius 2 is 1.97 bits per heavy atom. The van der Waals surface area contributed by atoms with E-state index in [4.69, 9.17) is 9.15 Å². The number of nitrogens with one attached hydrogen (secondary N) is 1. The van der Waals surface area contributed by atoms with Gasteiger partial charge < -0.3 is 14.5 Å². The van der Waals surface area contributed by atoms with Gasteiger partial charge in [0.2, 0.25) is 5.91 Å². The van der Waals surface area contributed by atoms with Crippen LogP contribution in [0.2, 0.25) is 0 Å². The van der Waals surface area contributed by atoms with Gasteiger partial charge in [-0.25, -0.2) is 4.39 Å². The van der Waals surface area contributed by atoms with Crippen LogP contribution < -0.4 is 5.32 Å². The van der Waals surface area contributed by atoms with Crippen molar-refractivity contribution in [3.8, 4) is 11.3 Å². The van der Waals surface area contributed by atoms with E-state index >= 15 is 0 Å². The third-order valence-electron chi connectivity index (χ3n) is 5.25. The average Bonchev–Trinajstić information content (AvgIpc) is 3.46. The van der Waals surface area contributed by atoms with E-state index in [9.17, 15) is 9.18 Å². The summed E-state index contributed by atoms with van der Waals surface area (Å²) < 4.78 is 25.1. The van der Waals surface area contributed by atoms with E-state index in [-0.39, 0.29) is 17.8 Å². The molecule has 30 heavy (non-hydrogen) atoms. The predicted octanol–water partition coefficient (Wildman–Crippen LogP) is 4.27. The number of halogens is 1. The maximum absolute atomic E-state index is 13.9. The van der Waals surface area contributed by atoms with Gasteiger partial charge in [-0.3, -0.25) is 9.69 Å². The highest BCUT2D eigenvalue weighted by molar-refractivity contribution is 7.10. The maximum Gasteiger partial charge on any atom is 0.220 e. The molecule has 4 rings (SSSR count). The lowest BCUT2D eigenvalue weighted by Gasteiger charge is -2.34. The summed E-state index contributed by atoms with van der Waals surface area (Å²) in [4.78, 5) is 16.1. The number of hydrogen-bond donors (Lipinski definition) is 1. The molecule has 0 bridgehead atoms. The smallest absolute Gasteiger partial charge is 0.220 e. The molecule has 1 N–H and O–H groups in total. The van der Waals surface area contributed by atoms with Crippen molar-refractivity contribution in [2.75, 3.05) is 32.8 Å². The molecule has 0 saturated carbocycles. The number of rotatable bonds is 8. The molecule has 5 nitrogen and oxygen atoms in total. The van der Waals surface area contributed by atoms with Crippen molar-refractivity contribution in [2.24, 2.45) is 0 Å². The van der Waals surface area contributed by atoms with Crippen LogP contribution in [0.4, 0.5) is 4.39 Å². The Bertz CT molecular complexity index is 951. The van der Waals surface area contributed by atoms with Crippen LogP contribution in [0.1, 0.15) is 23.1 Å². The number of morpholine rings is 1. The quantitative estimate of drug-likeness (QED) is 0.582. The van der Waals surface area contributed by atoms with Crippen LogP contribution in [0, 0.1) is 5.82 Å². The summed E-state index contributed by atoms with van der Waals surface area (Å²) in [6.45, 7) is 3.74. The molecule has 1 fully saturated rings. The molecule has 2 aromatic heterocycles. The van der Waals surface area contributed by atoms with E-state index in [0.717, 1.165) is 26.3 Å². The molecule has 7 heteroatoms. The first-order chi connectivity index (χ1) is 14.7. The van der Waals surface area contributed by atoms with Gasteiger partial charge in [-0.2, -0.15) is 0 Å². The largest absolute Gasteiger partial charge is 0.461 e. The van der Waals surface area contributed by atoms with E-state index < -0.39 is 0 Å². The zero-order valence-corrected chi connectivity index (χ0v) is 17.5. The van der Waals surface area contributed by atoms with E-state index in [1.807, 2.05) is 6.07 Å². The second-order valence-electron chi connectivity index (χ2n) is 7.23. The normalized spacial score (nSPS) is 15.8. The molecule has 0 radical (unpaired) electrons. The van der Waals surface area contributed by atoms with Crippen molar-refractivity contribution in [1.82, 2.24) is 10.2 Å². The Labute approximate surface area is 179 Å². The molecule has 1 saturated heterocycles. The van der Waals surface area contributed by atoms with Gasteiger partial charge >= 0.3 is 0 Å². The van der Waals surface area contributed by atoms with E-state index in [1.54, 1.807) is 41.7 Å². The number of amides is 1. The van der Waals surface area contributed by atoms with Crippen LogP contribution in [-0.4, -0.2) is 43.7 Å². The van der Waals surface area contributed by atoms with E-state index in [1.165, 1.54) is 10.9 Å². The second-order valence-corrected chi connectivity index (χ2v) is 8.21. The number of ether oxygens (including phenoxy) is 1. The predicted molar refractivity (Wildman–Crippen MR) is 115 cm³/mol. The molecular weight excluding hydrogens is 403 g/mol. The van der Waals surface area contributed by atoms with Crippen LogP contribution in [0.25, 0.3) is 11.3 Å². The van der Waals surface area contributed by atoms with Gasteiger partial charge in [0.25, 0.3) is 0 Å². The maximum atomic E-state index is 13.9. The van der Waals surface area contributed by atoms with Gasteiger partial charge in [-0.05, 0) is 35.7 Å². The molecule has 3 aromatic rings. The summed E-state index contributed by atoms with van der Waals surface area (Å²) in [5, 5.41) is 5.13. The molecule has 1 aliphatic heterocycles. The SMILES string of the molecule is O=C(CCc1ccc(-c2ccccc2F)o1)NCC(c1cccs1)N1CCOCC1. The first-order valence-corrected chi connectivity index (χ1v) is 11.0. The number of thiophene rings is 1. The third kappa shape index (κ3) is 5.16. The molecule has 1 aromatic carbocycles. The molecular formula is C23H25FN2O3S. The molecule has 3 heterocycles. The molecule has 1 unspecified atom stereocenters. The number of carbonyl (C=O) groups is 1. The first-order valence-electron chi connectivity index (χ1n) is 10.2. The van der Waals surface area contributed by atoms with Crippen molar-refractivity contribution in [2.45, 2.75) is 18.9 Å². The van der Waals surface area contributed by atoms with Gasteiger partial charge in [0.05, 0.1) is 24.8 Å². The monoisotopic (exact) mass is 428 g/mol. The highest BCUT2D eigenvalue weighted by Crippen LogP contribution is 2.26. The van der Waals surface area contributed by atoms with E-state index in [2.05, 4.69) is 21.7 Å². The van der Waals surface area contributed by atoms with Crippen molar-refractivity contribution in [3.63, 3.8) is 0 Å². The molecule has 1 amide bonds. The lowest BCUT2D eigenvalue weighted by molar-refractivity contribution is -0.121. The number of carbonyl (C=O) groups excluding carboxylic acids is 1. The Hall–Kier alpha value is -2.48. The van der Waals surface area contributed by atoms with Gasteiger partial charge in [0, 0.05) is 37.4 Å².